The highest BCUT2D eigenvalue weighted by molar-refractivity contribution is 7.89. The van der Waals surface area contributed by atoms with Crippen LogP contribution in [0.15, 0.2) is 23.1 Å². The van der Waals surface area contributed by atoms with Gasteiger partial charge in [-0.3, -0.25) is 4.79 Å². The van der Waals surface area contributed by atoms with Crippen LogP contribution in [-0.4, -0.2) is 25.0 Å². The maximum atomic E-state index is 12.2. The Kier molecular flexibility index (Phi) is 4.37. The van der Waals surface area contributed by atoms with E-state index in [1.807, 2.05) is 13.8 Å². The van der Waals surface area contributed by atoms with Crippen molar-refractivity contribution in [2.75, 3.05) is 0 Å². The van der Waals surface area contributed by atoms with E-state index in [1.165, 1.54) is 6.07 Å². The molecule has 0 unspecified atom stereocenters. The number of aryl methyl sites for hydroxylation is 2. The van der Waals surface area contributed by atoms with Gasteiger partial charge in [-0.25, -0.2) is 13.1 Å². The maximum Gasteiger partial charge on any atom is 0.305 e. The van der Waals surface area contributed by atoms with E-state index in [9.17, 15) is 13.2 Å². The van der Waals surface area contributed by atoms with Gasteiger partial charge in [-0.05, 0) is 51.0 Å². The number of sulfonamides is 1. The van der Waals surface area contributed by atoms with Gasteiger partial charge in [-0.15, -0.1) is 0 Å². The molecule has 0 aliphatic rings. The third kappa shape index (κ3) is 4.33. The quantitative estimate of drug-likeness (QED) is 0.864. The van der Waals surface area contributed by atoms with Crippen molar-refractivity contribution in [3.05, 3.63) is 29.3 Å². The number of aliphatic carboxylic acids is 1. The van der Waals surface area contributed by atoms with E-state index < -0.39 is 21.5 Å². The Balaban J connectivity index is 3.04. The molecule has 0 bridgehead atoms. The molecule has 0 amide bonds. The first-order valence-electron chi connectivity index (χ1n) is 5.86. The summed E-state index contributed by atoms with van der Waals surface area (Å²) in [6, 6.07) is 4.82. The molecule has 1 aromatic rings. The molecule has 0 saturated carbocycles. The molecule has 1 aromatic carbocycles. The van der Waals surface area contributed by atoms with Gasteiger partial charge in [-0.1, -0.05) is 6.07 Å². The number of carbonyl (C=O) groups is 1. The maximum absolute atomic E-state index is 12.2. The Bertz CT molecular complexity index is 591. The van der Waals surface area contributed by atoms with Crippen LogP contribution in [0, 0.1) is 13.8 Å². The van der Waals surface area contributed by atoms with Crippen molar-refractivity contribution in [3.63, 3.8) is 0 Å². The smallest absolute Gasteiger partial charge is 0.305 e. The van der Waals surface area contributed by atoms with Crippen LogP contribution < -0.4 is 4.72 Å². The highest BCUT2D eigenvalue weighted by Crippen LogP contribution is 2.18. The standard InChI is InChI=1S/C13H19NO4S/c1-9-5-6-11(7-10(9)2)19(17,18)14-13(3,4)8-12(15)16/h5-7,14H,8H2,1-4H3,(H,15,16). The molecule has 0 heterocycles. The van der Waals surface area contributed by atoms with Crippen LogP contribution in [0.3, 0.4) is 0 Å². The molecule has 19 heavy (non-hydrogen) atoms. The summed E-state index contributed by atoms with van der Waals surface area (Å²) in [5.74, 6) is -1.05. The fourth-order valence-corrected chi connectivity index (χ4v) is 3.21. The largest absolute Gasteiger partial charge is 0.481 e. The highest BCUT2D eigenvalue weighted by atomic mass is 32.2. The van der Waals surface area contributed by atoms with Gasteiger partial charge in [-0.2, -0.15) is 0 Å². The van der Waals surface area contributed by atoms with Crippen molar-refractivity contribution in [2.24, 2.45) is 0 Å². The monoisotopic (exact) mass is 285 g/mol. The minimum Gasteiger partial charge on any atom is -0.481 e. The average Bonchev–Trinajstić information content (AvgIpc) is 2.17. The highest BCUT2D eigenvalue weighted by Gasteiger charge is 2.28. The van der Waals surface area contributed by atoms with Crippen LogP contribution in [0.2, 0.25) is 0 Å². The number of hydrogen-bond donors (Lipinski definition) is 2. The zero-order valence-electron chi connectivity index (χ0n) is 11.5. The minimum absolute atomic E-state index is 0.147. The normalized spacial score (nSPS) is 12.4. The molecule has 0 aliphatic carbocycles. The van der Waals surface area contributed by atoms with Crippen LogP contribution in [0.5, 0.6) is 0 Å². The molecular formula is C13H19NO4S. The lowest BCUT2D eigenvalue weighted by atomic mass is 10.0. The first-order chi connectivity index (χ1) is 8.53. The van der Waals surface area contributed by atoms with Crippen molar-refractivity contribution >= 4 is 16.0 Å². The van der Waals surface area contributed by atoms with Gasteiger partial charge in [0.05, 0.1) is 11.3 Å². The molecule has 5 nitrogen and oxygen atoms in total. The minimum atomic E-state index is -3.72. The fourth-order valence-electron chi connectivity index (χ4n) is 1.72. The van der Waals surface area contributed by atoms with E-state index in [-0.39, 0.29) is 11.3 Å². The van der Waals surface area contributed by atoms with Crippen molar-refractivity contribution in [1.29, 1.82) is 0 Å². The summed E-state index contributed by atoms with van der Waals surface area (Å²) in [4.78, 5) is 10.8. The Labute approximate surface area is 113 Å². The van der Waals surface area contributed by atoms with E-state index in [0.717, 1.165) is 11.1 Å². The summed E-state index contributed by atoms with van der Waals surface area (Å²) in [6.07, 6.45) is -0.281. The number of carboxylic acid groups (broad SMARTS) is 1. The molecule has 0 atom stereocenters. The third-order valence-corrected chi connectivity index (χ3v) is 4.49. The van der Waals surface area contributed by atoms with E-state index in [0.29, 0.717) is 0 Å². The molecule has 0 spiro atoms. The van der Waals surface area contributed by atoms with Crippen LogP contribution in [0.1, 0.15) is 31.4 Å². The van der Waals surface area contributed by atoms with Crippen molar-refractivity contribution in [3.8, 4) is 0 Å². The predicted octanol–water partition coefficient (Wildman–Crippen LogP) is 1.84. The number of hydrogen-bond acceptors (Lipinski definition) is 3. The second-order valence-corrected chi connectivity index (χ2v) is 6.99. The number of nitrogens with one attached hydrogen (secondary N) is 1. The van der Waals surface area contributed by atoms with Crippen molar-refractivity contribution < 1.29 is 18.3 Å². The predicted molar refractivity (Wildman–Crippen MR) is 72.6 cm³/mol. The average molecular weight is 285 g/mol. The van der Waals surface area contributed by atoms with E-state index >= 15 is 0 Å². The van der Waals surface area contributed by atoms with Gasteiger partial charge in [0.25, 0.3) is 0 Å². The summed E-state index contributed by atoms with van der Waals surface area (Å²) in [5, 5.41) is 8.76. The topological polar surface area (TPSA) is 83.5 Å². The lowest BCUT2D eigenvalue weighted by Crippen LogP contribution is -2.44. The Morgan fingerprint density at radius 2 is 1.84 bits per heavy atom. The van der Waals surface area contributed by atoms with Gasteiger partial charge < -0.3 is 5.11 Å². The van der Waals surface area contributed by atoms with Crippen LogP contribution in [0.25, 0.3) is 0 Å². The summed E-state index contributed by atoms with van der Waals surface area (Å²) < 4.78 is 26.8. The molecule has 0 aliphatic heterocycles. The van der Waals surface area contributed by atoms with Crippen LogP contribution >= 0.6 is 0 Å². The molecule has 0 fully saturated rings. The first-order valence-corrected chi connectivity index (χ1v) is 7.35. The van der Waals surface area contributed by atoms with E-state index in [1.54, 1.807) is 26.0 Å². The SMILES string of the molecule is Cc1ccc(S(=O)(=O)NC(C)(C)CC(=O)O)cc1C. The summed E-state index contributed by atoms with van der Waals surface area (Å²) in [6.45, 7) is 6.81. The lowest BCUT2D eigenvalue weighted by Gasteiger charge is -2.24. The van der Waals surface area contributed by atoms with Gasteiger partial charge in [0.15, 0.2) is 0 Å². The molecule has 0 saturated heterocycles. The summed E-state index contributed by atoms with van der Waals surface area (Å²) in [7, 11) is -3.72. The third-order valence-electron chi connectivity index (χ3n) is 2.79. The van der Waals surface area contributed by atoms with E-state index in [2.05, 4.69) is 4.72 Å². The van der Waals surface area contributed by atoms with Crippen LogP contribution in [-0.2, 0) is 14.8 Å². The fraction of sp³-hybridized carbons (Fsp3) is 0.462. The molecule has 0 aromatic heterocycles. The molecular weight excluding hydrogens is 266 g/mol. The van der Waals surface area contributed by atoms with E-state index in [4.69, 9.17) is 5.11 Å². The Morgan fingerprint density at radius 1 is 1.26 bits per heavy atom. The molecule has 0 radical (unpaired) electrons. The second kappa shape index (κ2) is 5.30. The summed E-state index contributed by atoms with van der Waals surface area (Å²) >= 11 is 0. The molecule has 6 heteroatoms. The van der Waals surface area contributed by atoms with Crippen LogP contribution in [0.4, 0.5) is 0 Å². The summed E-state index contributed by atoms with van der Waals surface area (Å²) in [5.41, 5.74) is 0.839. The molecule has 1 rings (SSSR count). The molecule has 106 valence electrons. The number of benzene rings is 1. The molecule has 2 N–H and O–H groups in total. The zero-order chi connectivity index (χ0) is 14.8. The lowest BCUT2D eigenvalue weighted by molar-refractivity contribution is -0.138. The Morgan fingerprint density at radius 3 is 2.32 bits per heavy atom. The van der Waals surface area contributed by atoms with Crippen molar-refractivity contribution in [1.82, 2.24) is 4.72 Å². The van der Waals surface area contributed by atoms with Gasteiger partial charge in [0, 0.05) is 5.54 Å². The second-order valence-electron chi connectivity index (χ2n) is 5.31. The van der Waals surface area contributed by atoms with Gasteiger partial charge in [0.1, 0.15) is 0 Å². The van der Waals surface area contributed by atoms with Gasteiger partial charge in [0.2, 0.25) is 10.0 Å². The number of carboxylic acids is 1. The Hall–Kier alpha value is -1.40. The zero-order valence-corrected chi connectivity index (χ0v) is 12.3. The first kappa shape index (κ1) is 15.7. The number of rotatable bonds is 5. The van der Waals surface area contributed by atoms with Gasteiger partial charge >= 0.3 is 5.97 Å². The van der Waals surface area contributed by atoms with Crippen molar-refractivity contribution in [2.45, 2.75) is 44.6 Å².